The van der Waals surface area contributed by atoms with Gasteiger partial charge in [0.15, 0.2) is 0 Å². The summed E-state index contributed by atoms with van der Waals surface area (Å²) in [6, 6.07) is 2.60. The maximum atomic E-state index is 13.5. The van der Waals surface area contributed by atoms with Crippen LogP contribution in [0.5, 0.6) is 0 Å². The minimum absolute atomic E-state index is 0.219. The molecule has 0 spiro atoms. The summed E-state index contributed by atoms with van der Waals surface area (Å²) in [5, 5.41) is 9.29. The van der Waals surface area contributed by atoms with Crippen molar-refractivity contribution in [3.8, 4) is 0 Å². The molecule has 1 aromatic rings. The van der Waals surface area contributed by atoms with E-state index < -0.39 is 11.8 Å². The molecule has 0 heterocycles. The number of carboxylic acid groups (broad SMARTS) is 1. The van der Waals surface area contributed by atoms with Crippen molar-refractivity contribution in [1.82, 2.24) is 0 Å². The Morgan fingerprint density at radius 3 is 2.52 bits per heavy atom. The first-order chi connectivity index (χ1) is 10.0. The quantitative estimate of drug-likeness (QED) is 0.532. The van der Waals surface area contributed by atoms with E-state index >= 15 is 0 Å². The fourth-order valence-corrected chi connectivity index (χ4v) is 2.02. The standard InChI is InChI=1S/C14H21FN2O4/c1-20-8-3-6-17(7-9-21-2)11-5-4-10(15)13(16)12(11)14(18)19/h4-5H,3,6-9,16H2,1-2H3,(H,18,19). The van der Waals surface area contributed by atoms with Crippen molar-refractivity contribution < 1.29 is 23.8 Å². The van der Waals surface area contributed by atoms with Gasteiger partial charge in [0.1, 0.15) is 11.4 Å². The van der Waals surface area contributed by atoms with Gasteiger partial charge >= 0.3 is 5.97 Å². The second-order valence-corrected chi connectivity index (χ2v) is 4.49. The maximum Gasteiger partial charge on any atom is 0.340 e. The van der Waals surface area contributed by atoms with Crippen LogP contribution in [-0.2, 0) is 9.47 Å². The first-order valence-corrected chi connectivity index (χ1v) is 6.57. The molecule has 0 aliphatic rings. The van der Waals surface area contributed by atoms with Gasteiger partial charge in [-0.2, -0.15) is 0 Å². The Morgan fingerprint density at radius 1 is 1.29 bits per heavy atom. The van der Waals surface area contributed by atoms with Crippen LogP contribution in [0.25, 0.3) is 0 Å². The molecule has 0 bridgehead atoms. The van der Waals surface area contributed by atoms with E-state index in [2.05, 4.69) is 0 Å². The van der Waals surface area contributed by atoms with E-state index in [4.69, 9.17) is 15.2 Å². The largest absolute Gasteiger partial charge is 0.478 e. The highest BCUT2D eigenvalue weighted by molar-refractivity contribution is 6.00. The third-order valence-corrected chi connectivity index (χ3v) is 3.07. The Kier molecular flexibility index (Phi) is 6.90. The van der Waals surface area contributed by atoms with Crippen LogP contribution in [0.1, 0.15) is 16.8 Å². The molecule has 0 saturated carbocycles. The number of aromatic carboxylic acids is 1. The molecule has 6 nitrogen and oxygen atoms in total. The molecule has 1 rings (SSSR count). The summed E-state index contributed by atoms with van der Waals surface area (Å²) in [6.45, 7) is 2.00. The first-order valence-electron chi connectivity index (χ1n) is 6.57. The van der Waals surface area contributed by atoms with E-state index in [0.717, 1.165) is 0 Å². The Hall–Kier alpha value is -1.86. The molecular weight excluding hydrogens is 279 g/mol. The van der Waals surface area contributed by atoms with Crippen LogP contribution in [-0.4, -0.2) is 51.6 Å². The van der Waals surface area contributed by atoms with Crippen LogP contribution in [0.4, 0.5) is 15.8 Å². The van der Waals surface area contributed by atoms with E-state index in [9.17, 15) is 14.3 Å². The number of anilines is 2. The molecule has 3 N–H and O–H groups in total. The highest BCUT2D eigenvalue weighted by Gasteiger charge is 2.21. The zero-order valence-electron chi connectivity index (χ0n) is 12.3. The fourth-order valence-electron chi connectivity index (χ4n) is 2.02. The summed E-state index contributed by atoms with van der Waals surface area (Å²) < 4.78 is 23.5. The number of nitrogens with zero attached hydrogens (tertiary/aromatic N) is 1. The number of nitrogens with two attached hydrogens (primary N) is 1. The third-order valence-electron chi connectivity index (χ3n) is 3.07. The van der Waals surface area contributed by atoms with Crippen molar-refractivity contribution >= 4 is 17.3 Å². The van der Waals surface area contributed by atoms with Gasteiger partial charge in [-0.25, -0.2) is 9.18 Å². The van der Waals surface area contributed by atoms with E-state index in [1.54, 1.807) is 14.2 Å². The van der Waals surface area contributed by atoms with E-state index in [-0.39, 0.29) is 11.3 Å². The van der Waals surface area contributed by atoms with Crippen molar-refractivity contribution in [3.05, 3.63) is 23.5 Å². The fraction of sp³-hybridized carbons (Fsp3) is 0.500. The van der Waals surface area contributed by atoms with Gasteiger partial charge in [0.2, 0.25) is 0 Å². The van der Waals surface area contributed by atoms with Gasteiger partial charge in [-0.05, 0) is 18.6 Å². The molecule has 0 saturated heterocycles. The van der Waals surface area contributed by atoms with Crippen LogP contribution in [0, 0.1) is 5.82 Å². The summed E-state index contributed by atoms with van der Waals surface area (Å²) in [4.78, 5) is 13.2. The van der Waals surface area contributed by atoms with Crippen molar-refractivity contribution in [1.29, 1.82) is 0 Å². The second-order valence-electron chi connectivity index (χ2n) is 4.49. The number of hydrogen-bond acceptors (Lipinski definition) is 5. The number of halogens is 1. The number of ether oxygens (including phenoxy) is 2. The molecule has 0 aliphatic heterocycles. The summed E-state index contributed by atoms with van der Waals surface area (Å²) in [7, 11) is 3.16. The van der Waals surface area contributed by atoms with Crippen LogP contribution >= 0.6 is 0 Å². The first kappa shape index (κ1) is 17.2. The summed E-state index contributed by atoms with van der Waals surface area (Å²) >= 11 is 0. The molecule has 0 fully saturated rings. The number of rotatable bonds is 9. The minimum Gasteiger partial charge on any atom is -0.478 e. The molecule has 21 heavy (non-hydrogen) atoms. The van der Waals surface area contributed by atoms with Gasteiger partial charge < -0.3 is 25.2 Å². The lowest BCUT2D eigenvalue weighted by molar-refractivity contribution is 0.0698. The number of benzene rings is 1. The highest BCUT2D eigenvalue weighted by Crippen LogP contribution is 2.28. The molecule has 0 radical (unpaired) electrons. The molecule has 0 atom stereocenters. The van der Waals surface area contributed by atoms with Crippen molar-refractivity contribution in [3.63, 3.8) is 0 Å². The van der Waals surface area contributed by atoms with E-state index in [1.165, 1.54) is 12.1 Å². The van der Waals surface area contributed by atoms with E-state index in [0.29, 0.717) is 38.4 Å². The summed E-state index contributed by atoms with van der Waals surface area (Å²) in [5.74, 6) is -1.99. The van der Waals surface area contributed by atoms with Gasteiger partial charge in [0, 0.05) is 33.9 Å². The molecule has 1 aromatic carbocycles. The van der Waals surface area contributed by atoms with Gasteiger partial charge in [-0.3, -0.25) is 0 Å². The lowest BCUT2D eigenvalue weighted by atomic mass is 10.1. The van der Waals surface area contributed by atoms with Crippen LogP contribution in [0.2, 0.25) is 0 Å². The smallest absolute Gasteiger partial charge is 0.340 e. The lowest BCUT2D eigenvalue weighted by Crippen LogP contribution is -2.31. The van der Waals surface area contributed by atoms with E-state index in [1.807, 2.05) is 4.90 Å². The molecule has 0 aliphatic carbocycles. The molecule has 118 valence electrons. The number of carbonyl (C=O) groups is 1. The molecular formula is C14H21FN2O4. The highest BCUT2D eigenvalue weighted by atomic mass is 19.1. The summed E-state index contributed by atoms with van der Waals surface area (Å²) in [5.41, 5.74) is 5.38. The van der Waals surface area contributed by atoms with Gasteiger partial charge in [0.05, 0.1) is 18.0 Å². The lowest BCUT2D eigenvalue weighted by Gasteiger charge is -2.26. The molecule has 0 amide bonds. The average molecular weight is 300 g/mol. The third kappa shape index (κ3) is 4.57. The Morgan fingerprint density at radius 2 is 1.95 bits per heavy atom. The molecule has 0 aromatic heterocycles. The van der Waals surface area contributed by atoms with Gasteiger partial charge in [-0.1, -0.05) is 0 Å². The number of carboxylic acids is 1. The van der Waals surface area contributed by atoms with Crippen molar-refractivity contribution in [2.24, 2.45) is 0 Å². The van der Waals surface area contributed by atoms with Gasteiger partial charge in [-0.15, -0.1) is 0 Å². The number of methoxy groups -OCH3 is 2. The average Bonchev–Trinajstić information content (AvgIpc) is 2.45. The minimum atomic E-state index is -1.25. The summed E-state index contributed by atoms with van der Waals surface area (Å²) in [6.07, 6.45) is 0.705. The van der Waals surface area contributed by atoms with Crippen LogP contribution < -0.4 is 10.6 Å². The Bertz CT molecular complexity index is 482. The number of hydrogen-bond donors (Lipinski definition) is 2. The molecule has 7 heteroatoms. The SMILES string of the molecule is COCCCN(CCOC)c1ccc(F)c(N)c1C(=O)O. The van der Waals surface area contributed by atoms with Crippen molar-refractivity contribution in [2.75, 3.05) is 51.2 Å². The van der Waals surface area contributed by atoms with Crippen LogP contribution in [0.15, 0.2) is 12.1 Å². The zero-order chi connectivity index (χ0) is 15.8. The van der Waals surface area contributed by atoms with Crippen LogP contribution in [0.3, 0.4) is 0 Å². The number of nitrogen functional groups attached to an aromatic ring is 1. The zero-order valence-corrected chi connectivity index (χ0v) is 12.3. The van der Waals surface area contributed by atoms with Gasteiger partial charge in [0.25, 0.3) is 0 Å². The Labute approximate surface area is 123 Å². The predicted molar refractivity (Wildman–Crippen MR) is 78.4 cm³/mol. The molecule has 0 unspecified atom stereocenters. The second kappa shape index (κ2) is 8.43. The Balaban J connectivity index is 3.10. The topological polar surface area (TPSA) is 85.0 Å². The maximum absolute atomic E-state index is 13.5. The predicted octanol–water partition coefficient (Wildman–Crippen LogP) is 1.60. The monoisotopic (exact) mass is 300 g/mol. The van der Waals surface area contributed by atoms with Crippen molar-refractivity contribution in [2.45, 2.75) is 6.42 Å². The normalized spacial score (nSPS) is 10.6.